The van der Waals surface area contributed by atoms with Crippen LogP contribution in [0.2, 0.25) is 0 Å². The Morgan fingerprint density at radius 2 is 0.922 bits per heavy atom. The van der Waals surface area contributed by atoms with Crippen molar-refractivity contribution in [3.8, 4) is 22.6 Å². The highest BCUT2D eigenvalue weighted by Crippen LogP contribution is 2.56. The van der Waals surface area contributed by atoms with Crippen LogP contribution in [0.5, 0.6) is 11.5 Å². The molecular formula is C43H38O8. The predicted molar refractivity (Wildman–Crippen MR) is 195 cm³/mol. The lowest BCUT2D eigenvalue weighted by Crippen LogP contribution is -2.28. The first kappa shape index (κ1) is 33.8. The smallest absolute Gasteiger partial charge is 0.302 e. The second kappa shape index (κ2) is 14.3. The molecule has 0 heterocycles. The quantitative estimate of drug-likeness (QED) is 0.133. The molecule has 1 aliphatic carbocycles. The van der Waals surface area contributed by atoms with Gasteiger partial charge >= 0.3 is 11.9 Å². The number of carbonyl (C=O) groups excluding carboxylic acids is 2. The zero-order valence-electron chi connectivity index (χ0n) is 28.4. The average molecular weight is 683 g/mol. The molecule has 2 atom stereocenters. The van der Waals surface area contributed by atoms with E-state index in [9.17, 15) is 19.8 Å². The molecule has 0 fully saturated rings. The fourth-order valence-corrected chi connectivity index (χ4v) is 7.03. The minimum Gasteiger partial charge on any atom is -0.491 e. The number of esters is 2. The van der Waals surface area contributed by atoms with Crippen LogP contribution in [-0.4, -0.2) is 60.8 Å². The van der Waals surface area contributed by atoms with E-state index in [1.807, 2.05) is 36.4 Å². The molecule has 0 bridgehead atoms. The van der Waals surface area contributed by atoms with E-state index < -0.39 is 29.6 Å². The Bertz CT molecular complexity index is 2080. The van der Waals surface area contributed by atoms with Crippen LogP contribution in [0.1, 0.15) is 36.1 Å². The van der Waals surface area contributed by atoms with Crippen molar-refractivity contribution in [3.05, 3.63) is 144 Å². The second-order valence-electron chi connectivity index (χ2n) is 12.8. The molecule has 0 aromatic heterocycles. The number of rotatable bonds is 12. The maximum atomic E-state index is 11.1. The highest BCUT2D eigenvalue weighted by Gasteiger charge is 2.46. The van der Waals surface area contributed by atoms with E-state index in [0.717, 1.165) is 32.7 Å². The van der Waals surface area contributed by atoms with Gasteiger partial charge in [0.25, 0.3) is 0 Å². The molecule has 2 unspecified atom stereocenters. The molecule has 2 N–H and O–H groups in total. The lowest BCUT2D eigenvalue weighted by molar-refractivity contribution is -0.145. The predicted octanol–water partition coefficient (Wildman–Crippen LogP) is 6.96. The summed E-state index contributed by atoms with van der Waals surface area (Å²) < 4.78 is 21.4. The maximum absolute atomic E-state index is 11.1. The van der Waals surface area contributed by atoms with Gasteiger partial charge in [0.1, 0.15) is 50.1 Å². The first-order valence-corrected chi connectivity index (χ1v) is 16.9. The summed E-state index contributed by atoms with van der Waals surface area (Å²) in [5.41, 5.74) is 6.43. The van der Waals surface area contributed by atoms with Gasteiger partial charge in [-0.05, 0) is 91.3 Å². The summed E-state index contributed by atoms with van der Waals surface area (Å²) in [7, 11) is 0. The molecular weight excluding hydrogens is 644 g/mol. The number of hydrogen-bond donors (Lipinski definition) is 2. The van der Waals surface area contributed by atoms with Gasteiger partial charge in [-0.2, -0.15) is 0 Å². The monoisotopic (exact) mass is 682 g/mol. The lowest BCUT2D eigenvalue weighted by atomic mass is 9.67. The minimum atomic E-state index is -0.929. The van der Waals surface area contributed by atoms with Crippen LogP contribution in [0.25, 0.3) is 32.7 Å². The van der Waals surface area contributed by atoms with Crippen molar-refractivity contribution in [2.45, 2.75) is 31.5 Å². The van der Waals surface area contributed by atoms with E-state index in [0.29, 0.717) is 11.5 Å². The van der Waals surface area contributed by atoms with Crippen LogP contribution < -0.4 is 9.47 Å². The van der Waals surface area contributed by atoms with Crippen LogP contribution in [0, 0.1) is 0 Å². The topological polar surface area (TPSA) is 112 Å². The molecule has 1 aliphatic rings. The molecule has 8 heteroatoms. The van der Waals surface area contributed by atoms with Gasteiger partial charge in [-0.25, -0.2) is 0 Å². The highest BCUT2D eigenvalue weighted by molar-refractivity contribution is 5.92. The SMILES string of the molecule is CC(=O)OCC(O)COc1ccc2cc(C3(c4ccc5cc(OCC(O)COC(C)=O)ccc5c4)c4ccccc4-c4ccccc43)ccc2c1. The maximum Gasteiger partial charge on any atom is 0.302 e. The Morgan fingerprint density at radius 1 is 0.529 bits per heavy atom. The first-order valence-electron chi connectivity index (χ1n) is 16.9. The number of carbonyl (C=O) groups is 2. The fraction of sp³-hybridized carbons (Fsp3) is 0.209. The largest absolute Gasteiger partial charge is 0.491 e. The van der Waals surface area contributed by atoms with Gasteiger partial charge < -0.3 is 29.2 Å². The van der Waals surface area contributed by atoms with Gasteiger partial charge in [-0.15, -0.1) is 0 Å². The van der Waals surface area contributed by atoms with Gasteiger partial charge in [0.2, 0.25) is 0 Å². The van der Waals surface area contributed by atoms with E-state index in [4.69, 9.17) is 18.9 Å². The molecule has 0 radical (unpaired) electrons. The number of ether oxygens (including phenoxy) is 4. The number of hydrogen-bond acceptors (Lipinski definition) is 8. The van der Waals surface area contributed by atoms with Gasteiger partial charge in [-0.3, -0.25) is 9.59 Å². The third kappa shape index (κ3) is 6.76. The Labute approximate surface area is 295 Å². The van der Waals surface area contributed by atoms with E-state index in [1.165, 1.54) is 36.1 Å². The van der Waals surface area contributed by atoms with Crippen molar-refractivity contribution in [1.29, 1.82) is 0 Å². The summed E-state index contributed by atoms with van der Waals surface area (Å²) >= 11 is 0. The molecule has 0 amide bonds. The van der Waals surface area contributed by atoms with Crippen molar-refractivity contribution in [3.63, 3.8) is 0 Å². The number of aliphatic hydroxyl groups excluding tert-OH is 2. The lowest BCUT2D eigenvalue weighted by Gasteiger charge is -2.34. The molecule has 0 aliphatic heterocycles. The Balaban J connectivity index is 1.26. The van der Waals surface area contributed by atoms with E-state index in [-0.39, 0.29) is 26.4 Å². The van der Waals surface area contributed by atoms with Gasteiger partial charge in [0, 0.05) is 13.8 Å². The molecule has 51 heavy (non-hydrogen) atoms. The van der Waals surface area contributed by atoms with E-state index in [2.05, 4.69) is 84.9 Å². The average Bonchev–Trinajstić information content (AvgIpc) is 3.45. The van der Waals surface area contributed by atoms with Crippen LogP contribution in [-0.2, 0) is 24.5 Å². The van der Waals surface area contributed by atoms with E-state index >= 15 is 0 Å². The fourth-order valence-electron chi connectivity index (χ4n) is 7.03. The minimum absolute atomic E-state index is 0.00116. The number of benzene rings is 6. The Hall–Kier alpha value is -5.70. The first-order chi connectivity index (χ1) is 24.7. The van der Waals surface area contributed by atoms with E-state index in [1.54, 1.807) is 0 Å². The number of aliphatic hydroxyl groups is 2. The van der Waals surface area contributed by atoms with Crippen LogP contribution >= 0.6 is 0 Å². The highest BCUT2D eigenvalue weighted by atomic mass is 16.6. The Morgan fingerprint density at radius 3 is 1.35 bits per heavy atom. The third-order valence-corrected chi connectivity index (χ3v) is 9.28. The van der Waals surface area contributed by atoms with Gasteiger partial charge in [0.05, 0.1) is 5.41 Å². The Kier molecular flexibility index (Phi) is 9.45. The van der Waals surface area contributed by atoms with Crippen molar-refractivity contribution < 1.29 is 38.7 Å². The van der Waals surface area contributed by atoms with Gasteiger partial charge in [0.15, 0.2) is 0 Å². The summed E-state index contributed by atoms with van der Waals surface area (Å²) in [6, 6.07) is 42.0. The number of fused-ring (bicyclic) bond motifs is 5. The molecule has 8 nitrogen and oxygen atoms in total. The van der Waals surface area contributed by atoms with Crippen LogP contribution in [0.15, 0.2) is 121 Å². The van der Waals surface area contributed by atoms with Crippen LogP contribution in [0.4, 0.5) is 0 Å². The zero-order chi connectivity index (χ0) is 35.5. The summed E-state index contributed by atoms with van der Waals surface area (Å²) in [5.74, 6) is 0.326. The van der Waals surface area contributed by atoms with Crippen molar-refractivity contribution >= 4 is 33.5 Å². The molecule has 6 aromatic carbocycles. The zero-order valence-corrected chi connectivity index (χ0v) is 28.4. The third-order valence-electron chi connectivity index (χ3n) is 9.28. The van der Waals surface area contributed by atoms with Crippen molar-refractivity contribution in [2.75, 3.05) is 26.4 Å². The molecule has 7 rings (SSSR count). The summed E-state index contributed by atoms with van der Waals surface area (Å²) in [5, 5.41) is 24.4. The molecule has 0 spiro atoms. The van der Waals surface area contributed by atoms with Gasteiger partial charge in [-0.1, -0.05) is 84.9 Å². The molecule has 258 valence electrons. The summed E-state index contributed by atoms with van der Waals surface area (Å²) in [6.07, 6.45) is -1.86. The van der Waals surface area contributed by atoms with Crippen LogP contribution in [0.3, 0.4) is 0 Å². The molecule has 6 aromatic rings. The second-order valence-corrected chi connectivity index (χ2v) is 12.8. The molecule has 0 saturated carbocycles. The standard InChI is InChI=1S/C43H38O8/c1-27(44)48-23-35(46)25-50-37-17-13-29-19-33(15-11-31(29)21-37)43(41-9-5-3-7-39(41)40-8-4-6-10-42(40)43)34-16-12-32-22-38(18-14-30(32)20-34)51-26-36(47)24-49-28(2)45/h3-22,35-36,46-47H,23-26H2,1-2H3. The van der Waals surface area contributed by atoms with Crippen molar-refractivity contribution in [1.82, 2.24) is 0 Å². The summed E-state index contributed by atoms with van der Waals surface area (Å²) in [4.78, 5) is 22.2. The molecule has 0 saturated heterocycles. The van der Waals surface area contributed by atoms with Crippen molar-refractivity contribution in [2.24, 2.45) is 0 Å². The summed E-state index contributed by atoms with van der Waals surface area (Å²) in [6.45, 7) is 2.37. The normalized spacial score (nSPS) is 14.0.